The Hall–Kier alpha value is -1.86. The summed E-state index contributed by atoms with van der Waals surface area (Å²) >= 11 is 0. The van der Waals surface area contributed by atoms with E-state index in [1.807, 2.05) is 36.1 Å². The first-order valence-electron chi connectivity index (χ1n) is 8.10. The highest BCUT2D eigenvalue weighted by atomic mass is 16.3. The summed E-state index contributed by atoms with van der Waals surface area (Å²) in [6.45, 7) is 2.72. The lowest BCUT2D eigenvalue weighted by atomic mass is 10.0. The maximum absolute atomic E-state index is 12.0. The van der Waals surface area contributed by atoms with Crippen LogP contribution in [0.5, 0.6) is 0 Å². The highest BCUT2D eigenvalue weighted by Crippen LogP contribution is 2.24. The van der Waals surface area contributed by atoms with Gasteiger partial charge in [-0.1, -0.05) is 19.1 Å². The fourth-order valence-electron chi connectivity index (χ4n) is 3.03. The molecule has 1 aliphatic heterocycles. The van der Waals surface area contributed by atoms with Crippen LogP contribution >= 0.6 is 0 Å². The molecule has 4 nitrogen and oxygen atoms in total. The second-order valence-electron chi connectivity index (χ2n) is 5.99. The first kappa shape index (κ1) is 16.5. The minimum absolute atomic E-state index is 0.198. The van der Waals surface area contributed by atoms with Crippen LogP contribution in [0.2, 0.25) is 0 Å². The van der Waals surface area contributed by atoms with E-state index in [1.165, 1.54) is 5.56 Å². The number of rotatable bonds is 7. The lowest BCUT2D eigenvalue weighted by molar-refractivity contribution is -0.129. The third-order valence-electron chi connectivity index (χ3n) is 4.42. The highest BCUT2D eigenvalue weighted by Gasteiger charge is 2.31. The third-order valence-corrected chi connectivity index (χ3v) is 4.42. The van der Waals surface area contributed by atoms with Crippen molar-refractivity contribution >= 4 is 5.91 Å². The fraction of sp³-hybridized carbons (Fsp3) is 0.556. The minimum Gasteiger partial charge on any atom is -0.393 e. The van der Waals surface area contributed by atoms with Gasteiger partial charge in [0.2, 0.25) is 5.91 Å². The molecule has 118 valence electrons. The molecule has 0 radical (unpaired) electrons. The van der Waals surface area contributed by atoms with Crippen LogP contribution in [-0.4, -0.2) is 34.6 Å². The Kier molecular flexibility index (Phi) is 5.97. The van der Waals surface area contributed by atoms with Gasteiger partial charge in [0, 0.05) is 19.0 Å². The van der Waals surface area contributed by atoms with E-state index >= 15 is 0 Å². The Bertz CT molecular complexity index is 533. The molecule has 1 heterocycles. The molecule has 2 unspecified atom stereocenters. The average molecular weight is 300 g/mol. The van der Waals surface area contributed by atoms with Gasteiger partial charge in [0.25, 0.3) is 0 Å². The number of nitriles is 1. The number of carbonyl (C=O) groups is 1. The number of aliphatic hydroxyl groups excluding tert-OH is 1. The molecule has 0 bridgehead atoms. The number of likely N-dealkylation sites (tertiary alicyclic amines) is 1. The van der Waals surface area contributed by atoms with E-state index in [9.17, 15) is 9.90 Å². The molecule has 0 aromatic heterocycles. The monoisotopic (exact) mass is 300 g/mol. The van der Waals surface area contributed by atoms with E-state index in [-0.39, 0.29) is 18.1 Å². The van der Waals surface area contributed by atoms with Gasteiger partial charge in [-0.05, 0) is 49.8 Å². The number of nitrogens with zero attached hydrogens (tertiary/aromatic N) is 2. The zero-order chi connectivity index (χ0) is 15.9. The second-order valence-corrected chi connectivity index (χ2v) is 5.99. The van der Waals surface area contributed by atoms with Crippen molar-refractivity contribution in [3.8, 4) is 6.07 Å². The van der Waals surface area contributed by atoms with Crippen molar-refractivity contribution < 1.29 is 9.90 Å². The predicted molar refractivity (Wildman–Crippen MR) is 85.1 cm³/mol. The number of aliphatic hydroxyl groups is 1. The maximum Gasteiger partial charge on any atom is 0.222 e. The zero-order valence-electron chi connectivity index (χ0n) is 13.2. The number of hydrogen-bond acceptors (Lipinski definition) is 3. The number of aryl methyl sites for hydroxylation is 1. The van der Waals surface area contributed by atoms with Gasteiger partial charge in [-0.3, -0.25) is 4.79 Å². The molecule has 1 saturated heterocycles. The molecule has 1 amide bonds. The van der Waals surface area contributed by atoms with Crippen molar-refractivity contribution in [2.24, 2.45) is 0 Å². The molecule has 22 heavy (non-hydrogen) atoms. The normalized spacial score (nSPS) is 19.2. The van der Waals surface area contributed by atoms with Crippen molar-refractivity contribution in [2.45, 2.75) is 57.6 Å². The first-order valence-corrected chi connectivity index (χ1v) is 8.10. The molecule has 0 aliphatic carbocycles. The molecule has 2 atom stereocenters. The van der Waals surface area contributed by atoms with E-state index in [2.05, 4.69) is 6.07 Å². The zero-order valence-corrected chi connectivity index (χ0v) is 13.2. The van der Waals surface area contributed by atoms with E-state index in [0.717, 1.165) is 32.2 Å². The van der Waals surface area contributed by atoms with Crippen LogP contribution in [0, 0.1) is 11.3 Å². The van der Waals surface area contributed by atoms with Gasteiger partial charge in [-0.25, -0.2) is 0 Å². The number of benzene rings is 1. The van der Waals surface area contributed by atoms with Crippen LogP contribution in [0.15, 0.2) is 24.3 Å². The van der Waals surface area contributed by atoms with Crippen LogP contribution in [0.25, 0.3) is 0 Å². The van der Waals surface area contributed by atoms with Gasteiger partial charge in [0.1, 0.15) is 0 Å². The Labute approximate surface area is 132 Å². The summed E-state index contributed by atoms with van der Waals surface area (Å²) in [7, 11) is 0. The highest BCUT2D eigenvalue weighted by molar-refractivity contribution is 5.78. The van der Waals surface area contributed by atoms with E-state index in [1.54, 1.807) is 0 Å². The van der Waals surface area contributed by atoms with Crippen LogP contribution < -0.4 is 0 Å². The first-order chi connectivity index (χ1) is 10.6. The smallest absolute Gasteiger partial charge is 0.222 e. The van der Waals surface area contributed by atoms with Crippen molar-refractivity contribution in [1.82, 2.24) is 4.90 Å². The van der Waals surface area contributed by atoms with Gasteiger partial charge in [0.05, 0.1) is 17.7 Å². The Morgan fingerprint density at radius 2 is 2.14 bits per heavy atom. The van der Waals surface area contributed by atoms with Gasteiger partial charge < -0.3 is 10.0 Å². The molecule has 1 aromatic rings. The van der Waals surface area contributed by atoms with Crippen molar-refractivity contribution in [3.05, 3.63) is 35.4 Å². The molecule has 1 aliphatic rings. The van der Waals surface area contributed by atoms with Gasteiger partial charge in [-0.15, -0.1) is 0 Å². The number of amides is 1. The number of carbonyl (C=O) groups excluding carboxylic acids is 1. The maximum atomic E-state index is 12.0. The molecular weight excluding hydrogens is 276 g/mol. The van der Waals surface area contributed by atoms with E-state index in [4.69, 9.17) is 5.26 Å². The van der Waals surface area contributed by atoms with E-state index < -0.39 is 0 Å². The summed E-state index contributed by atoms with van der Waals surface area (Å²) in [6.07, 6.45) is 4.42. The van der Waals surface area contributed by atoms with Gasteiger partial charge in [0.15, 0.2) is 0 Å². The molecular formula is C18H24N2O2. The molecule has 1 aromatic carbocycles. The average Bonchev–Trinajstić information content (AvgIpc) is 2.88. The predicted octanol–water partition coefficient (Wildman–Crippen LogP) is 2.64. The summed E-state index contributed by atoms with van der Waals surface area (Å²) in [4.78, 5) is 13.9. The lowest BCUT2D eigenvalue weighted by Gasteiger charge is -2.26. The molecule has 1 N–H and O–H groups in total. The van der Waals surface area contributed by atoms with Crippen LogP contribution in [0.1, 0.15) is 50.2 Å². The topological polar surface area (TPSA) is 64.3 Å². The van der Waals surface area contributed by atoms with E-state index in [0.29, 0.717) is 18.4 Å². The lowest BCUT2D eigenvalue weighted by Crippen LogP contribution is -2.36. The largest absolute Gasteiger partial charge is 0.393 e. The summed E-state index contributed by atoms with van der Waals surface area (Å²) in [5.74, 6) is 0.216. The Morgan fingerprint density at radius 1 is 1.41 bits per heavy atom. The summed E-state index contributed by atoms with van der Waals surface area (Å²) < 4.78 is 0. The summed E-state index contributed by atoms with van der Waals surface area (Å²) in [5.41, 5.74) is 1.86. The summed E-state index contributed by atoms with van der Waals surface area (Å²) in [6, 6.07) is 9.92. The van der Waals surface area contributed by atoms with Crippen molar-refractivity contribution in [3.63, 3.8) is 0 Å². The summed E-state index contributed by atoms with van der Waals surface area (Å²) in [5, 5.41) is 18.6. The van der Waals surface area contributed by atoms with Crippen LogP contribution in [-0.2, 0) is 11.2 Å². The molecule has 1 fully saturated rings. The minimum atomic E-state index is -0.308. The van der Waals surface area contributed by atoms with Crippen LogP contribution in [0.4, 0.5) is 0 Å². The molecule has 0 saturated carbocycles. The quantitative estimate of drug-likeness (QED) is 0.842. The SMILES string of the molecule is CCC(O)CC1CCC(=O)N1CCCc1ccc(C#N)cc1. The Morgan fingerprint density at radius 3 is 2.77 bits per heavy atom. The molecule has 4 heteroatoms. The van der Waals surface area contributed by atoms with Crippen molar-refractivity contribution in [1.29, 1.82) is 5.26 Å². The Balaban J connectivity index is 1.83. The van der Waals surface area contributed by atoms with Gasteiger partial charge in [-0.2, -0.15) is 5.26 Å². The molecule has 2 rings (SSSR count). The third kappa shape index (κ3) is 4.32. The fourth-order valence-corrected chi connectivity index (χ4v) is 3.03. The van der Waals surface area contributed by atoms with Crippen molar-refractivity contribution in [2.75, 3.05) is 6.54 Å². The van der Waals surface area contributed by atoms with Crippen LogP contribution in [0.3, 0.4) is 0 Å². The molecule has 0 spiro atoms. The number of hydrogen-bond donors (Lipinski definition) is 1. The van der Waals surface area contributed by atoms with Gasteiger partial charge >= 0.3 is 0 Å². The second kappa shape index (κ2) is 7.95. The standard InChI is InChI=1S/C18H24N2O2/c1-2-17(21)12-16-9-10-18(22)20(16)11-3-4-14-5-7-15(13-19)8-6-14/h5-8,16-17,21H,2-4,9-12H2,1H3.